The molecule has 1 amide bonds. The number of unbranched alkanes of at least 4 members (excludes halogenated alkanes) is 1. The molecule has 0 spiro atoms. The van der Waals surface area contributed by atoms with Gasteiger partial charge in [0, 0.05) is 25.8 Å². The molecule has 1 aliphatic rings. The summed E-state index contributed by atoms with van der Waals surface area (Å²) in [5.74, 6) is -0.893. The summed E-state index contributed by atoms with van der Waals surface area (Å²) in [4.78, 5) is 25.8. The Bertz CT molecular complexity index is 698. The highest BCUT2D eigenvalue weighted by Crippen LogP contribution is 2.19. The van der Waals surface area contributed by atoms with Crippen molar-refractivity contribution < 1.29 is 22.7 Å². The minimum atomic E-state index is -3.08. The Kier molecular flexibility index (Phi) is 5.98. The topological polar surface area (TPSA) is 98.6 Å². The van der Waals surface area contributed by atoms with Crippen LogP contribution in [0.2, 0.25) is 0 Å². The number of hydrogen-bond donors (Lipinski definition) is 0. The third-order valence-electron chi connectivity index (χ3n) is 3.99. The van der Waals surface area contributed by atoms with Gasteiger partial charge in [0.1, 0.15) is 0 Å². The van der Waals surface area contributed by atoms with Gasteiger partial charge in [-0.05, 0) is 12.8 Å². The predicted octanol–water partition coefficient (Wildman–Crippen LogP) is 0.393. The van der Waals surface area contributed by atoms with Crippen LogP contribution < -0.4 is 0 Å². The number of sulfone groups is 1. The Labute approximate surface area is 141 Å². The van der Waals surface area contributed by atoms with Crippen molar-refractivity contribution in [3.63, 3.8) is 0 Å². The largest absolute Gasteiger partial charge is 0.452 e. The molecule has 1 saturated heterocycles. The molecule has 1 fully saturated rings. The molecule has 2 rings (SSSR count). The number of aryl methyl sites for hydroxylation is 1. The Morgan fingerprint density at radius 1 is 1.46 bits per heavy atom. The van der Waals surface area contributed by atoms with Gasteiger partial charge in [0.15, 0.2) is 16.4 Å². The van der Waals surface area contributed by atoms with Crippen LogP contribution in [-0.4, -0.2) is 65.7 Å². The molecular formula is C15H23N3O5S. The van der Waals surface area contributed by atoms with Crippen molar-refractivity contribution in [2.45, 2.75) is 32.2 Å². The van der Waals surface area contributed by atoms with E-state index >= 15 is 0 Å². The van der Waals surface area contributed by atoms with E-state index in [-0.39, 0.29) is 29.0 Å². The molecule has 0 aliphatic carbocycles. The normalized spacial score (nSPS) is 19.2. The van der Waals surface area contributed by atoms with Gasteiger partial charge in [0.05, 0.1) is 23.3 Å². The summed E-state index contributed by atoms with van der Waals surface area (Å²) in [6.45, 7) is 2.07. The molecule has 134 valence electrons. The molecule has 0 radical (unpaired) electrons. The average Bonchev–Trinajstić information content (AvgIpc) is 3.11. The first kappa shape index (κ1) is 18.4. The van der Waals surface area contributed by atoms with Crippen molar-refractivity contribution >= 4 is 21.7 Å². The highest BCUT2D eigenvalue weighted by Gasteiger charge is 2.34. The number of ether oxygens (including phenoxy) is 1. The molecule has 1 aromatic heterocycles. The summed E-state index contributed by atoms with van der Waals surface area (Å²) in [5.41, 5.74) is 0.272. The maximum Gasteiger partial charge on any atom is 0.341 e. The fraction of sp³-hybridized carbons (Fsp3) is 0.667. The summed E-state index contributed by atoms with van der Waals surface area (Å²) in [6.07, 6.45) is 4.97. The number of carbonyl (C=O) groups excluding carboxylic acids is 2. The first-order chi connectivity index (χ1) is 11.3. The van der Waals surface area contributed by atoms with E-state index in [1.165, 1.54) is 17.1 Å². The summed E-state index contributed by atoms with van der Waals surface area (Å²) in [7, 11) is -1.41. The number of rotatable bonds is 7. The van der Waals surface area contributed by atoms with Gasteiger partial charge in [0.25, 0.3) is 5.91 Å². The Balaban J connectivity index is 1.96. The molecule has 24 heavy (non-hydrogen) atoms. The lowest BCUT2D eigenvalue weighted by Crippen LogP contribution is -2.43. The van der Waals surface area contributed by atoms with Crippen molar-refractivity contribution in [2.24, 2.45) is 7.05 Å². The SMILES string of the molecule is CCCCN(C(=O)COC(=O)c1cnn(C)c1)C1CCS(=O)(=O)C1. The van der Waals surface area contributed by atoms with Gasteiger partial charge < -0.3 is 9.64 Å². The standard InChI is InChI=1S/C15H23N3O5S/c1-3-4-6-18(13-5-7-24(21,22)11-13)14(19)10-23-15(20)12-8-16-17(2)9-12/h8-9,13H,3-7,10-11H2,1-2H3. The van der Waals surface area contributed by atoms with Gasteiger partial charge in [0.2, 0.25) is 0 Å². The lowest BCUT2D eigenvalue weighted by molar-refractivity contribution is -0.136. The predicted molar refractivity (Wildman–Crippen MR) is 87.2 cm³/mol. The van der Waals surface area contributed by atoms with Crippen LogP contribution in [0.4, 0.5) is 0 Å². The highest BCUT2D eigenvalue weighted by molar-refractivity contribution is 7.91. The molecule has 1 atom stereocenters. The highest BCUT2D eigenvalue weighted by atomic mass is 32.2. The van der Waals surface area contributed by atoms with Crippen LogP contribution in [0.3, 0.4) is 0 Å². The number of esters is 1. The Hall–Kier alpha value is -1.90. The summed E-state index contributed by atoms with van der Waals surface area (Å²) in [6, 6.07) is -0.328. The van der Waals surface area contributed by atoms with Gasteiger partial charge in [-0.2, -0.15) is 5.10 Å². The van der Waals surface area contributed by atoms with Crippen molar-refractivity contribution in [1.82, 2.24) is 14.7 Å². The molecule has 1 unspecified atom stereocenters. The number of carbonyl (C=O) groups is 2. The second-order valence-corrected chi connectivity index (χ2v) is 8.21. The molecule has 0 aromatic carbocycles. The third-order valence-corrected chi connectivity index (χ3v) is 5.74. The second-order valence-electron chi connectivity index (χ2n) is 5.98. The molecule has 1 aromatic rings. The molecule has 0 N–H and O–H groups in total. The number of hydrogen-bond acceptors (Lipinski definition) is 6. The van der Waals surface area contributed by atoms with E-state index in [1.54, 1.807) is 11.9 Å². The van der Waals surface area contributed by atoms with Crippen LogP contribution >= 0.6 is 0 Å². The van der Waals surface area contributed by atoms with E-state index in [1.807, 2.05) is 6.92 Å². The average molecular weight is 357 g/mol. The van der Waals surface area contributed by atoms with Crippen LogP contribution in [0.15, 0.2) is 12.4 Å². The minimum absolute atomic E-state index is 0.0149. The number of amides is 1. The Morgan fingerprint density at radius 3 is 2.75 bits per heavy atom. The van der Waals surface area contributed by atoms with E-state index in [2.05, 4.69) is 5.10 Å². The van der Waals surface area contributed by atoms with Crippen molar-refractivity contribution in [2.75, 3.05) is 24.7 Å². The maximum atomic E-state index is 12.4. The minimum Gasteiger partial charge on any atom is -0.452 e. The van der Waals surface area contributed by atoms with Gasteiger partial charge >= 0.3 is 5.97 Å². The summed E-state index contributed by atoms with van der Waals surface area (Å²) < 4.78 is 29.8. The first-order valence-electron chi connectivity index (χ1n) is 7.98. The smallest absolute Gasteiger partial charge is 0.341 e. The second kappa shape index (κ2) is 7.78. The van der Waals surface area contributed by atoms with E-state index in [4.69, 9.17) is 4.74 Å². The van der Waals surface area contributed by atoms with Gasteiger partial charge in [-0.3, -0.25) is 9.48 Å². The lowest BCUT2D eigenvalue weighted by Gasteiger charge is -2.28. The first-order valence-corrected chi connectivity index (χ1v) is 9.80. The molecule has 9 heteroatoms. The van der Waals surface area contributed by atoms with E-state index in [0.29, 0.717) is 13.0 Å². The molecule has 0 saturated carbocycles. The van der Waals surface area contributed by atoms with Crippen molar-refractivity contribution in [3.05, 3.63) is 18.0 Å². The molecule has 0 bridgehead atoms. The van der Waals surface area contributed by atoms with E-state index in [0.717, 1.165) is 12.8 Å². The zero-order valence-electron chi connectivity index (χ0n) is 14.0. The molecule has 1 aliphatic heterocycles. The molecule has 2 heterocycles. The maximum absolute atomic E-state index is 12.4. The van der Waals surface area contributed by atoms with Crippen molar-refractivity contribution in [1.29, 1.82) is 0 Å². The van der Waals surface area contributed by atoms with Crippen LogP contribution in [0, 0.1) is 0 Å². The Morgan fingerprint density at radius 2 is 2.21 bits per heavy atom. The zero-order chi connectivity index (χ0) is 17.7. The molecular weight excluding hydrogens is 334 g/mol. The summed E-state index contributed by atoms with van der Waals surface area (Å²) in [5, 5.41) is 3.87. The number of nitrogens with zero attached hydrogens (tertiary/aromatic N) is 3. The fourth-order valence-corrected chi connectivity index (χ4v) is 4.41. The molecule has 8 nitrogen and oxygen atoms in total. The summed E-state index contributed by atoms with van der Waals surface area (Å²) >= 11 is 0. The number of aromatic nitrogens is 2. The van der Waals surface area contributed by atoms with Crippen LogP contribution in [-0.2, 0) is 26.4 Å². The van der Waals surface area contributed by atoms with Gasteiger partial charge in [-0.1, -0.05) is 13.3 Å². The quantitative estimate of drug-likeness (QED) is 0.655. The van der Waals surface area contributed by atoms with Crippen LogP contribution in [0.25, 0.3) is 0 Å². The third kappa shape index (κ3) is 4.80. The van der Waals surface area contributed by atoms with Crippen LogP contribution in [0.1, 0.15) is 36.5 Å². The van der Waals surface area contributed by atoms with Gasteiger partial charge in [-0.15, -0.1) is 0 Å². The van der Waals surface area contributed by atoms with Crippen LogP contribution in [0.5, 0.6) is 0 Å². The lowest BCUT2D eigenvalue weighted by atomic mass is 10.2. The van der Waals surface area contributed by atoms with E-state index in [9.17, 15) is 18.0 Å². The van der Waals surface area contributed by atoms with Crippen molar-refractivity contribution in [3.8, 4) is 0 Å². The zero-order valence-corrected chi connectivity index (χ0v) is 14.8. The monoisotopic (exact) mass is 357 g/mol. The fourth-order valence-electron chi connectivity index (χ4n) is 2.68. The van der Waals surface area contributed by atoms with Gasteiger partial charge in [-0.25, -0.2) is 13.2 Å². The van der Waals surface area contributed by atoms with E-state index < -0.39 is 22.4 Å².